The van der Waals surface area contributed by atoms with Gasteiger partial charge in [-0.3, -0.25) is 0 Å². The summed E-state index contributed by atoms with van der Waals surface area (Å²) < 4.78 is 18.0. The second kappa shape index (κ2) is 4.28. The number of carbonyl (C=O) groups is 1. The van der Waals surface area contributed by atoms with Gasteiger partial charge in [0.1, 0.15) is 0 Å². The van der Waals surface area contributed by atoms with Crippen molar-refractivity contribution < 1.29 is 18.7 Å². The molecule has 1 amide bonds. The van der Waals surface area contributed by atoms with Crippen LogP contribution >= 0.6 is 0 Å². The molecule has 5 nitrogen and oxygen atoms in total. The smallest absolute Gasteiger partial charge is 0.404 e. The van der Waals surface area contributed by atoms with Crippen LogP contribution in [0.3, 0.4) is 0 Å². The highest BCUT2D eigenvalue weighted by Crippen LogP contribution is 1.70. The second-order valence-electron chi connectivity index (χ2n) is 1.26. The van der Waals surface area contributed by atoms with Crippen molar-refractivity contribution >= 4 is 17.2 Å². The first kappa shape index (κ1) is 8.38. The quantitative estimate of drug-likeness (QED) is 0.476. The number of hydrogen-bond acceptors (Lipinski definition) is 2. The molecule has 0 aliphatic rings. The molecule has 0 saturated heterocycles. The molecule has 3 N–H and O–H groups in total. The highest BCUT2D eigenvalue weighted by Gasteiger charge is 1.95. The van der Waals surface area contributed by atoms with Crippen molar-refractivity contribution in [2.24, 2.45) is 0 Å². The van der Waals surface area contributed by atoms with E-state index in [1.54, 1.807) is 0 Å². The molecule has 0 fully saturated rings. The van der Waals surface area contributed by atoms with E-state index in [4.69, 9.17) is 9.66 Å². The molecule has 0 aromatic rings. The number of nitrogens with one attached hydrogen (secondary N) is 1. The maximum Gasteiger partial charge on any atom is 0.404 e. The van der Waals surface area contributed by atoms with Crippen LogP contribution in [0.1, 0.15) is 0 Å². The fraction of sp³-hybridized carbons (Fsp3) is 0.667. The fourth-order valence-corrected chi connectivity index (χ4v) is 0.522. The normalized spacial score (nSPS) is 12.6. The van der Waals surface area contributed by atoms with Crippen molar-refractivity contribution in [1.29, 1.82) is 0 Å². The molecule has 0 heterocycles. The first-order valence-corrected chi connectivity index (χ1v) is 3.45. The van der Waals surface area contributed by atoms with Crippen molar-refractivity contribution in [2.45, 2.75) is 0 Å². The predicted molar refractivity (Wildman–Crippen MR) is 31.7 cm³/mol. The molecular formula is C3H7NO4S. The van der Waals surface area contributed by atoms with Crippen molar-refractivity contribution in [1.82, 2.24) is 5.32 Å². The Bertz CT molecular complexity index is 111. The first-order chi connectivity index (χ1) is 4.13. The standard InChI is InChI=1S/C3H7NO4S/c5-3(6)4-1-2-9(7)8/h4H,1-2H2,(H,5,6)(H,7,8). The Morgan fingerprint density at radius 1 is 1.67 bits per heavy atom. The van der Waals surface area contributed by atoms with Gasteiger partial charge in [-0.05, 0) is 0 Å². The Balaban J connectivity index is 3.10. The Labute approximate surface area is 54.4 Å². The minimum atomic E-state index is -1.91. The molecule has 6 heteroatoms. The molecule has 54 valence electrons. The van der Waals surface area contributed by atoms with E-state index in [-0.39, 0.29) is 12.3 Å². The second-order valence-corrected chi connectivity index (χ2v) is 2.31. The summed E-state index contributed by atoms with van der Waals surface area (Å²) in [7, 11) is 0. The van der Waals surface area contributed by atoms with E-state index < -0.39 is 17.2 Å². The lowest BCUT2D eigenvalue weighted by atomic mass is 10.7. The predicted octanol–water partition coefficient (Wildman–Crippen LogP) is -0.524. The fourth-order valence-electron chi connectivity index (χ4n) is 0.245. The van der Waals surface area contributed by atoms with E-state index in [1.165, 1.54) is 0 Å². The van der Waals surface area contributed by atoms with Gasteiger partial charge in [0.2, 0.25) is 0 Å². The van der Waals surface area contributed by atoms with Gasteiger partial charge < -0.3 is 15.0 Å². The van der Waals surface area contributed by atoms with Crippen LogP contribution in [-0.2, 0) is 11.1 Å². The average Bonchev–Trinajstić information content (AvgIpc) is 1.63. The third kappa shape index (κ3) is 7.38. The lowest BCUT2D eigenvalue weighted by Crippen LogP contribution is -2.25. The molecular weight excluding hydrogens is 146 g/mol. The zero-order valence-electron chi connectivity index (χ0n) is 4.53. The van der Waals surface area contributed by atoms with Crippen LogP contribution in [-0.4, -0.2) is 32.3 Å². The highest BCUT2D eigenvalue weighted by atomic mass is 32.2. The minimum absolute atomic E-state index is 0.0123. The lowest BCUT2D eigenvalue weighted by molar-refractivity contribution is 0.195. The number of carboxylic acid groups (broad SMARTS) is 1. The summed E-state index contributed by atoms with van der Waals surface area (Å²) in [5.41, 5.74) is 0. The van der Waals surface area contributed by atoms with Crippen LogP contribution in [0.25, 0.3) is 0 Å². The minimum Gasteiger partial charge on any atom is -0.465 e. The molecule has 9 heavy (non-hydrogen) atoms. The highest BCUT2D eigenvalue weighted by molar-refractivity contribution is 7.79. The van der Waals surface area contributed by atoms with Crippen molar-refractivity contribution in [2.75, 3.05) is 12.3 Å². The van der Waals surface area contributed by atoms with E-state index in [2.05, 4.69) is 0 Å². The van der Waals surface area contributed by atoms with Crippen LogP contribution < -0.4 is 5.32 Å². The van der Waals surface area contributed by atoms with Crippen LogP contribution in [0.5, 0.6) is 0 Å². The molecule has 0 saturated carbocycles. The summed E-state index contributed by atoms with van der Waals surface area (Å²) in [6.45, 7) is 0.0123. The Morgan fingerprint density at radius 2 is 2.22 bits per heavy atom. The van der Waals surface area contributed by atoms with Gasteiger partial charge in [-0.2, -0.15) is 0 Å². The molecule has 0 aromatic carbocycles. The van der Waals surface area contributed by atoms with Gasteiger partial charge in [-0.15, -0.1) is 0 Å². The van der Waals surface area contributed by atoms with Gasteiger partial charge in [-0.25, -0.2) is 9.00 Å². The van der Waals surface area contributed by atoms with Crippen LogP contribution in [0.2, 0.25) is 0 Å². The topological polar surface area (TPSA) is 86.6 Å². The van der Waals surface area contributed by atoms with Crippen molar-refractivity contribution in [3.05, 3.63) is 0 Å². The Kier molecular flexibility index (Phi) is 3.98. The van der Waals surface area contributed by atoms with Crippen molar-refractivity contribution in [3.8, 4) is 0 Å². The third-order valence-electron chi connectivity index (χ3n) is 0.553. The molecule has 1 unspecified atom stereocenters. The molecule has 0 aliphatic carbocycles. The SMILES string of the molecule is O=C(O)NCCS(=O)O. The van der Waals surface area contributed by atoms with Crippen LogP contribution in [0.15, 0.2) is 0 Å². The van der Waals surface area contributed by atoms with Gasteiger partial charge in [0.05, 0.1) is 5.75 Å². The summed E-state index contributed by atoms with van der Waals surface area (Å²) >= 11 is -1.91. The van der Waals surface area contributed by atoms with E-state index in [9.17, 15) is 9.00 Å². The van der Waals surface area contributed by atoms with Crippen molar-refractivity contribution in [3.63, 3.8) is 0 Å². The van der Waals surface area contributed by atoms with Gasteiger partial charge >= 0.3 is 6.09 Å². The Hall–Kier alpha value is -0.620. The summed E-state index contributed by atoms with van der Waals surface area (Å²) in [5, 5.41) is 9.88. The zero-order chi connectivity index (χ0) is 7.28. The number of rotatable bonds is 3. The van der Waals surface area contributed by atoms with Crippen LogP contribution in [0, 0.1) is 0 Å². The number of amides is 1. The molecule has 0 radical (unpaired) electrons. The summed E-state index contributed by atoms with van der Waals surface area (Å²) in [6.07, 6.45) is -1.18. The van der Waals surface area contributed by atoms with Gasteiger partial charge in [0.25, 0.3) is 0 Å². The van der Waals surface area contributed by atoms with E-state index >= 15 is 0 Å². The van der Waals surface area contributed by atoms with E-state index in [0.29, 0.717) is 0 Å². The number of hydrogen-bond donors (Lipinski definition) is 3. The molecule has 1 atom stereocenters. The first-order valence-electron chi connectivity index (χ1n) is 2.17. The Morgan fingerprint density at radius 3 is 2.56 bits per heavy atom. The maximum atomic E-state index is 9.86. The molecule has 0 aliphatic heterocycles. The summed E-state index contributed by atoms with van der Waals surface area (Å²) in [6, 6.07) is 0. The molecule has 0 aromatic heterocycles. The zero-order valence-corrected chi connectivity index (χ0v) is 5.35. The van der Waals surface area contributed by atoms with Gasteiger partial charge in [0.15, 0.2) is 11.1 Å². The average molecular weight is 153 g/mol. The van der Waals surface area contributed by atoms with Crippen LogP contribution in [0.4, 0.5) is 4.79 Å². The van der Waals surface area contributed by atoms with E-state index in [1.807, 2.05) is 5.32 Å². The third-order valence-corrected chi connectivity index (χ3v) is 1.11. The maximum absolute atomic E-state index is 9.86. The molecule has 0 bridgehead atoms. The lowest BCUT2D eigenvalue weighted by Gasteiger charge is -1.94. The van der Waals surface area contributed by atoms with E-state index in [0.717, 1.165) is 0 Å². The van der Waals surface area contributed by atoms with Gasteiger partial charge in [0, 0.05) is 6.54 Å². The molecule has 0 spiro atoms. The largest absolute Gasteiger partial charge is 0.465 e. The summed E-state index contributed by atoms with van der Waals surface area (Å²) in [4.78, 5) is 9.69. The molecule has 0 rings (SSSR count). The summed E-state index contributed by atoms with van der Waals surface area (Å²) in [5.74, 6) is -0.0632. The monoisotopic (exact) mass is 153 g/mol. The van der Waals surface area contributed by atoms with Gasteiger partial charge in [-0.1, -0.05) is 0 Å².